The van der Waals surface area contributed by atoms with Gasteiger partial charge in [-0.15, -0.1) is 0 Å². The molecule has 0 unspecified atom stereocenters. The van der Waals surface area contributed by atoms with Crippen molar-refractivity contribution in [2.75, 3.05) is 6.61 Å². The molecule has 0 saturated carbocycles. The third-order valence-corrected chi connectivity index (χ3v) is 2.58. The van der Waals surface area contributed by atoms with E-state index in [-0.39, 0.29) is 18.0 Å². The largest absolute Gasteiger partial charge is 0.462 e. The number of quaternary nitrogens is 1. The van der Waals surface area contributed by atoms with Crippen LogP contribution in [0.15, 0.2) is 54.3 Å². The summed E-state index contributed by atoms with van der Waals surface area (Å²) in [5, 5.41) is 1.97. The summed E-state index contributed by atoms with van der Waals surface area (Å²) in [7, 11) is 0. The Kier molecular flexibility index (Phi) is 7.00. The number of benzene rings is 1. The number of hydrogen-bond acceptors (Lipinski definition) is 3. The van der Waals surface area contributed by atoms with Gasteiger partial charge in [0.1, 0.15) is 12.1 Å². The monoisotopic (exact) mass is 274 g/mol. The van der Waals surface area contributed by atoms with E-state index < -0.39 is 5.97 Å². The topological polar surface area (TPSA) is 60.0 Å². The molecule has 0 aromatic heterocycles. The summed E-state index contributed by atoms with van der Waals surface area (Å²) in [6, 6.07) is 10.0. The van der Waals surface area contributed by atoms with Crippen LogP contribution in [-0.4, -0.2) is 18.4 Å². The van der Waals surface area contributed by atoms with Crippen LogP contribution in [0.25, 0.3) is 0 Å². The Labute approximate surface area is 119 Å². The first-order valence-electron chi connectivity index (χ1n) is 6.57. The van der Waals surface area contributed by atoms with Crippen LogP contribution in [0.3, 0.4) is 0 Å². The van der Waals surface area contributed by atoms with Crippen molar-refractivity contribution in [1.82, 2.24) is 0 Å². The standard InChI is InChI=1S/C16H19NO3/c1-3-20-16(19)15(13(2)18)10-7-11-17-12-14-8-5-4-6-9-14/h4-11,17H,3,12H2,1-2H3/p+1/b11-7+,15-10+. The Morgan fingerprint density at radius 2 is 1.95 bits per heavy atom. The fraction of sp³-hybridized carbons (Fsp3) is 0.250. The van der Waals surface area contributed by atoms with Gasteiger partial charge >= 0.3 is 5.97 Å². The molecule has 0 saturated heterocycles. The second-order valence-corrected chi connectivity index (χ2v) is 4.17. The first-order valence-corrected chi connectivity index (χ1v) is 6.57. The van der Waals surface area contributed by atoms with Gasteiger partial charge in [0.25, 0.3) is 0 Å². The summed E-state index contributed by atoms with van der Waals surface area (Å²) in [6.45, 7) is 4.12. The molecule has 0 heterocycles. The molecule has 1 rings (SSSR count). The first-order chi connectivity index (χ1) is 9.65. The summed E-state index contributed by atoms with van der Waals surface area (Å²) in [5.74, 6) is -0.871. The molecule has 4 heteroatoms. The molecule has 106 valence electrons. The molecular weight excluding hydrogens is 254 g/mol. The van der Waals surface area contributed by atoms with Crippen LogP contribution in [0.2, 0.25) is 0 Å². The zero-order chi connectivity index (χ0) is 14.8. The van der Waals surface area contributed by atoms with Crippen molar-refractivity contribution in [1.29, 1.82) is 0 Å². The Morgan fingerprint density at radius 3 is 2.55 bits per heavy atom. The van der Waals surface area contributed by atoms with Crippen molar-refractivity contribution < 1.29 is 19.6 Å². The summed E-state index contributed by atoms with van der Waals surface area (Å²) in [5.41, 5.74) is 1.27. The maximum Gasteiger partial charge on any atom is 0.341 e. The number of Topliss-reactive ketones (excluding diaryl/α,β-unsaturated/α-hetero) is 1. The van der Waals surface area contributed by atoms with Gasteiger partial charge in [0.2, 0.25) is 0 Å². The van der Waals surface area contributed by atoms with Crippen molar-refractivity contribution in [3.8, 4) is 0 Å². The van der Waals surface area contributed by atoms with E-state index in [0.717, 1.165) is 6.54 Å². The summed E-state index contributed by atoms with van der Waals surface area (Å²) >= 11 is 0. The highest BCUT2D eigenvalue weighted by Crippen LogP contribution is 2.00. The van der Waals surface area contributed by atoms with Crippen LogP contribution in [-0.2, 0) is 20.9 Å². The molecule has 0 bridgehead atoms. The SMILES string of the molecule is CCOC(=O)/C(=C/C=C/[NH2+]Cc1ccccc1)C(C)=O. The van der Waals surface area contributed by atoms with E-state index in [1.807, 2.05) is 41.8 Å². The highest BCUT2D eigenvalue weighted by Gasteiger charge is 2.14. The number of carbonyl (C=O) groups excluding carboxylic acids is 2. The van der Waals surface area contributed by atoms with Crippen LogP contribution in [0.1, 0.15) is 19.4 Å². The van der Waals surface area contributed by atoms with E-state index in [9.17, 15) is 9.59 Å². The van der Waals surface area contributed by atoms with E-state index >= 15 is 0 Å². The fourth-order valence-electron chi connectivity index (χ4n) is 1.59. The average Bonchev–Trinajstić information content (AvgIpc) is 2.43. The number of hydrogen-bond donors (Lipinski definition) is 1. The molecule has 0 fully saturated rings. The van der Waals surface area contributed by atoms with Crippen LogP contribution in [0, 0.1) is 0 Å². The maximum atomic E-state index is 11.5. The minimum Gasteiger partial charge on any atom is -0.462 e. The lowest BCUT2D eigenvalue weighted by molar-refractivity contribution is -0.604. The van der Waals surface area contributed by atoms with Gasteiger partial charge in [-0.2, -0.15) is 0 Å². The molecule has 1 aromatic carbocycles. The highest BCUT2D eigenvalue weighted by molar-refractivity contribution is 6.16. The van der Waals surface area contributed by atoms with Crippen LogP contribution >= 0.6 is 0 Å². The second kappa shape index (κ2) is 8.82. The van der Waals surface area contributed by atoms with E-state index in [1.165, 1.54) is 18.6 Å². The van der Waals surface area contributed by atoms with Gasteiger partial charge in [-0.25, -0.2) is 4.79 Å². The maximum absolute atomic E-state index is 11.5. The molecule has 0 aliphatic carbocycles. The van der Waals surface area contributed by atoms with Crippen molar-refractivity contribution in [3.05, 3.63) is 59.8 Å². The molecule has 0 spiro atoms. The van der Waals surface area contributed by atoms with Gasteiger partial charge < -0.3 is 10.1 Å². The van der Waals surface area contributed by atoms with E-state index in [2.05, 4.69) is 0 Å². The summed E-state index contributed by atoms with van der Waals surface area (Å²) < 4.78 is 4.82. The molecule has 20 heavy (non-hydrogen) atoms. The number of allylic oxidation sites excluding steroid dienone is 2. The molecule has 0 radical (unpaired) electrons. The molecule has 0 aliphatic rings. The van der Waals surface area contributed by atoms with Gasteiger partial charge in [-0.1, -0.05) is 30.3 Å². The summed E-state index contributed by atoms with van der Waals surface area (Å²) in [4.78, 5) is 22.8. The quantitative estimate of drug-likeness (QED) is 0.268. The number of carbonyl (C=O) groups is 2. The van der Waals surface area contributed by atoms with Gasteiger partial charge in [-0.3, -0.25) is 4.79 Å². The predicted molar refractivity (Wildman–Crippen MR) is 76.6 cm³/mol. The van der Waals surface area contributed by atoms with E-state index in [1.54, 1.807) is 13.0 Å². The van der Waals surface area contributed by atoms with E-state index in [4.69, 9.17) is 4.74 Å². The second-order valence-electron chi connectivity index (χ2n) is 4.17. The number of nitrogens with two attached hydrogens (primary N) is 1. The van der Waals surface area contributed by atoms with Gasteiger partial charge in [0, 0.05) is 5.56 Å². The van der Waals surface area contributed by atoms with Gasteiger partial charge in [-0.05, 0) is 26.0 Å². The molecule has 0 aliphatic heterocycles. The number of ether oxygens (including phenoxy) is 1. The lowest BCUT2D eigenvalue weighted by Crippen LogP contribution is -2.76. The van der Waals surface area contributed by atoms with Crippen LogP contribution < -0.4 is 5.32 Å². The van der Waals surface area contributed by atoms with Crippen LogP contribution in [0.4, 0.5) is 0 Å². The van der Waals surface area contributed by atoms with Crippen molar-refractivity contribution in [3.63, 3.8) is 0 Å². The minimum atomic E-state index is -0.576. The fourth-order valence-corrected chi connectivity index (χ4v) is 1.59. The number of ketones is 1. The Bertz CT molecular complexity index is 504. The Morgan fingerprint density at radius 1 is 1.25 bits per heavy atom. The Hall–Kier alpha value is -2.20. The summed E-state index contributed by atoms with van der Waals surface area (Å²) in [6.07, 6.45) is 4.98. The third-order valence-electron chi connectivity index (χ3n) is 2.58. The molecular formula is C16H20NO3+. The Balaban J connectivity index is 2.53. The lowest BCUT2D eigenvalue weighted by atomic mass is 10.2. The van der Waals surface area contributed by atoms with Crippen molar-refractivity contribution in [2.24, 2.45) is 0 Å². The number of esters is 1. The van der Waals surface area contributed by atoms with Gasteiger partial charge in [0.15, 0.2) is 5.78 Å². The molecule has 4 nitrogen and oxygen atoms in total. The lowest BCUT2D eigenvalue weighted by Gasteiger charge is -2.01. The molecule has 2 N–H and O–H groups in total. The predicted octanol–water partition coefficient (Wildman–Crippen LogP) is 1.34. The molecule has 0 atom stereocenters. The van der Waals surface area contributed by atoms with Crippen LogP contribution in [0.5, 0.6) is 0 Å². The number of rotatable bonds is 7. The van der Waals surface area contributed by atoms with Crippen molar-refractivity contribution >= 4 is 11.8 Å². The first kappa shape index (κ1) is 15.9. The zero-order valence-electron chi connectivity index (χ0n) is 11.8. The zero-order valence-corrected chi connectivity index (χ0v) is 11.8. The molecule has 1 aromatic rings. The van der Waals surface area contributed by atoms with E-state index in [0.29, 0.717) is 0 Å². The third kappa shape index (κ3) is 5.63. The average molecular weight is 274 g/mol. The molecule has 0 amide bonds. The minimum absolute atomic E-state index is 0.0659. The smallest absolute Gasteiger partial charge is 0.341 e. The normalized spacial score (nSPS) is 11.6. The van der Waals surface area contributed by atoms with Crippen molar-refractivity contribution in [2.45, 2.75) is 20.4 Å². The highest BCUT2D eigenvalue weighted by atomic mass is 16.5. The van der Waals surface area contributed by atoms with Gasteiger partial charge in [0.05, 0.1) is 12.8 Å².